The number of carbonyl (C=O) groups is 1. The third-order valence-electron chi connectivity index (χ3n) is 5.12. The molecule has 1 unspecified atom stereocenters. The zero-order valence-corrected chi connectivity index (χ0v) is 13.3. The van der Waals surface area contributed by atoms with Crippen LogP contribution < -0.4 is 10.6 Å². The first-order valence-electron chi connectivity index (χ1n) is 7.96. The zero-order valence-electron chi connectivity index (χ0n) is 13.3. The Morgan fingerprint density at radius 1 is 1.36 bits per heavy atom. The van der Waals surface area contributed by atoms with Gasteiger partial charge in [-0.05, 0) is 57.8 Å². The van der Waals surface area contributed by atoms with Crippen molar-refractivity contribution in [1.29, 1.82) is 0 Å². The summed E-state index contributed by atoms with van der Waals surface area (Å²) in [6.45, 7) is 8.03. The minimum atomic E-state index is -0.486. The highest BCUT2D eigenvalue weighted by Crippen LogP contribution is 2.49. The Bertz CT molecular complexity index is 738. The molecule has 0 radical (unpaired) electrons. The molecule has 2 aromatic heterocycles. The molecule has 3 atom stereocenters. The topological polar surface area (TPSA) is 58.4 Å². The van der Waals surface area contributed by atoms with Gasteiger partial charge in [0, 0.05) is 12.1 Å². The van der Waals surface area contributed by atoms with E-state index in [2.05, 4.69) is 21.1 Å². The third-order valence-corrected chi connectivity index (χ3v) is 5.12. The number of hydrogen-bond donors (Lipinski definition) is 2. The van der Waals surface area contributed by atoms with Gasteiger partial charge in [-0.2, -0.15) is 0 Å². The minimum absolute atomic E-state index is 0.173. The first kappa shape index (κ1) is 13.8. The number of carbonyl (C=O) groups excluding carboxylic acids is 1. The van der Waals surface area contributed by atoms with Gasteiger partial charge in [0.05, 0.1) is 16.7 Å². The molecule has 22 heavy (non-hydrogen) atoms. The predicted molar refractivity (Wildman–Crippen MR) is 84.4 cm³/mol. The van der Waals surface area contributed by atoms with Gasteiger partial charge < -0.3 is 15.0 Å². The highest BCUT2D eigenvalue weighted by Gasteiger charge is 2.57. The lowest BCUT2D eigenvalue weighted by atomic mass is 10.0. The van der Waals surface area contributed by atoms with Crippen LogP contribution >= 0.6 is 0 Å². The lowest BCUT2D eigenvalue weighted by Crippen LogP contribution is -2.44. The standard InChI is InChI=1S/C17H22N4O/c1-10-13-6-4-5-7-21(13)16(19-10)17(2,3)20-15(22)14-11-8-18-9-12(11)14/h4-7,11-12,14,18H,8-9H2,1-3H3,(H,20,22)/t11-,12+,14?. The van der Waals surface area contributed by atoms with Crippen molar-refractivity contribution in [3.63, 3.8) is 0 Å². The molecule has 2 fully saturated rings. The van der Waals surface area contributed by atoms with E-state index in [-0.39, 0.29) is 11.8 Å². The number of aryl methyl sites for hydroxylation is 1. The Morgan fingerprint density at radius 2 is 2.09 bits per heavy atom. The number of nitrogens with zero attached hydrogens (tertiary/aromatic N) is 2. The van der Waals surface area contributed by atoms with Crippen LogP contribution in [-0.2, 0) is 10.3 Å². The summed E-state index contributed by atoms with van der Waals surface area (Å²) >= 11 is 0. The molecule has 2 N–H and O–H groups in total. The monoisotopic (exact) mass is 298 g/mol. The largest absolute Gasteiger partial charge is 0.344 e. The van der Waals surface area contributed by atoms with Crippen molar-refractivity contribution in [3.8, 4) is 0 Å². The maximum absolute atomic E-state index is 12.6. The highest BCUT2D eigenvalue weighted by atomic mass is 16.2. The summed E-state index contributed by atoms with van der Waals surface area (Å²) in [4.78, 5) is 17.3. The summed E-state index contributed by atoms with van der Waals surface area (Å²) in [5.41, 5.74) is 1.60. The van der Waals surface area contributed by atoms with Gasteiger partial charge in [0.1, 0.15) is 5.82 Å². The molecule has 4 rings (SSSR count). The Balaban J connectivity index is 1.61. The number of rotatable bonds is 3. The van der Waals surface area contributed by atoms with E-state index in [4.69, 9.17) is 4.98 Å². The van der Waals surface area contributed by atoms with Crippen LogP contribution in [0, 0.1) is 24.7 Å². The number of imidazole rings is 1. The van der Waals surface area contributed by atoms with Gasteiger partial charge >= 0.3 is 0 Å². The number of piperidine rings is 1. The quantitative estimate of drug-likeness (QED) is 0.902. The average Bonchev–Trinajstić information content (AvgIpc) is 2.82. The van der Waals surface area contributed by atoms with Crippen molar-refractivity contribution in [3.05, 3.63) is 35.9 Å². The maximum Gasteiger partial charge on any atom is 0.224 e. The van der Waals surface area contributed by atoms with E-state index in [1.807, 2.05) is 39.1 Å². The van der Waals surface area contributed by atoms with E-state index in [0.29, 0.717) is 11.8 Å². The first-order chi connectivity index (χ1) is 10.5. The molecule has 0 bridgehead atoms. The SMILES string of the molecule is Cc1nc(C(C)(C)NC(=O)C2[C@H]3CNC[C@@H]23)n2ccccc12. The summed E-state index contributed by atoms with van der Waals surface area (Å²) in [6, 6.07) is 6.06. The summed E-state index contributed by atoms with van der Waals surface area (Å²) in [5, 5.41) is 6.55. The minimum Gasteiger partial charge on any atom is -0.344 e. The fourth-order valence-corrected chi connectivity index (χ4v) is 3.89. The van der Waals surface area contributed by atoms with E-state index < -0.39 is 5.54 Å². The molecule has 0 aromatic carbocycles. The van der Waals surface area contributed by atoms with Gasteiger partial charge in [0.25, 0.3) is 0 Å². The number of pyridine rings is 1. The molecule has 2 aromatic rings. The summed E-state index contributed by atoms with van der Waals surface area (Å²) in [7, 11) is 0. The fraction of sp³-hybridized carbons (Fsp3) is 0.529. The Morgan fingerprint density at radius 3 is 2.82 bits per heavy atom. The smallest absolute Gasteiger partial charge is 0.224 e. The van der Waals surface area contributed by atoms with Crippen LogP contribution in [-0.4, -0.2) is 28.4 Å². The molecule has 1 saturated carbocycles. The molecule has 5 heteroatoms. The molecule has 0 spiro atoms. The number of hydrogen-bond acceptors (Lipinski definition) is 3. The zero-order chi connectivity index (χ0) is 15.5. The van der Waals surface area contributed by atoms with Crippen molar-refractivity contribution < 1.29 is 4.79 Å². The first-order valence-corrected chi connectivity index (χ1v) is 7.96. The predicted octanol–water partition coefficient (Wildman–Crippen LogP) is 1.46. The van der Waals surface area contributed by atoms with Gasteiger partial charge in [0.2, 0.25) is 5.91 Å². The summed E-state index contributed by atoms with van der Waals surface area (Å²) in [5.74, 6) is 2.32. The van der Waals surface area contributed by atoms with Crippen LogP contribution in [0.25, 0.3) is 5.52 Å². The van der Waals surface area contributed by atoms with Crippen molar-refractivity contribution in [2.75, 3.05) is 13.1 Å². The van der Waals surface area contributed by atoms with E-state index >= 15 is 0 Å². The van der Waals surface area contributed by atoms with Crippen LogP contribution in [0.5, 0.6) is 0 Å². The molecule has 5 nitrogen and oxygen atoms in total. The Labute approximate surface area is 130 Å². The lowest BCUT2D eigenvalue weighted by Gasteiger charge is -2.25. The summed E-state index contributed by atoms with van der Waals surface area (Å²) in [6.07, 6.45) is 2.01. The van der Waals surface area contributed by atoms with Crippen LogP contribution in [0.15, 0.2) is 24.4 Å². The second-order valence-corrected chi connectivity index (χ2v) is 7.10. The van der Waals surface area contributed by atoms with Gasteiger partial charge in [-0.1, -0.05) is 6.07 Å². The van der Waals surface area contributed by atoms with E-state index in [1.165, 1.54) is 0 Å². The Hall–Kier alpha value is -1.88. The molecular formula is C17H22N4O. The van der Waals surface area contributed by atoms with Crippen molar-refractivity contribution >= 4 is 11.4 Å². The van der Waals surface area contributed by atoms with Gasteiger partial charge in [-0.25, -0.2) is 4.98 Å². The number of fused-ring (bicyclic) bond motifs is 2. The van der Waals surface area contributed by atoms with Gasteiger partial charge in [-0.15, -0.1) is 0 Å². The van der Waals surface area contributed by atoms with E-state index in [1.54, 1.807) is 0 Å². The summed E-state index contributed by atoms with van der Waals surface area (Å²) < 4.78 is 2.07. The van der Waals surface area contributed by atoms with Crippen LogP contribution in [0.4, 0.5) is 0 Å². The molecule has 116 valence electrons. The van der Waals surface area contributed by atoms with E-state index in [0.717, 1.165) is 30.1 Å². The average molecular weight is 298 g/mol. The second-order valence-electron chi connectivity index (χ2n) is 7.10. The molecule has 1 aliphatic carbocycles. The molecule has 1 amide bonds. The second kappa shape index (κ2) is 4.56. The van der Waals surface area contributed by atoms with E-state index in [9.17, 15) is 4.79 Å². The molecule has 1 aliphatic heterocycles. The number of nitrogens with one attached hydrogen (secondary N) is 2. The molecule has 3 heterocycles. The Kier molecular flexibility index (Phi) is 2.85. The lowest BCUT2D eigenvalue weighted by molar-refractivity contribution is -0.124. The normalized spacial score (nSPS) is 27.0. The fourth-order valence-electron chi connectivity index (χ4n) is 3.89. The van der Waals surface area contributed by atoms with Crippen molar-refractivity contribution in [2.45, 2.75) is 26.3 Å². The number of amides is 1. The highest BCUT2D eigenvalue weighted by molar-refractivity contribution is 5.83. The van der Waals surface area contributed by atoms with Crippen LogP contribution in [0.3, 0.4) is 0 Å². The van der Waals surface area contributed by atoms with Gasteiger partial charge in [0.15, 0.2) is 0 Å². The number of aromatic nitrogens is 2. The van der Waals surface area contributed by atoms with Crippen molar-refractivity contribution in [2.24, 2.45) is 17.8 Å². The molecular weight excluding hydrogens is 276 g/mol. The maximum atomic E-state index is 12.6. The van der Waals surface area contributed by atoms with Crippen LogP contribution in [0.2, 0.25) is 0 Å². The van der Waals surface area contributed by atoms with Crippen molar-refractivity contribution in [1.82, 2.24) is 20.0 Å². The van der Waals surface area contributed by atoms with Crippen LogP contribution in [0.1, 0.15) is 25.4 Å². The third kappa shape index (κ3) is 1.96. The van der Waals surface area contributed by atoms with Gasteiger partial charge in [-0.3, -0.25) is 4.79 Å². The molecule has 2 aliphatic rings. The molecule has 1 saturated heterocycles.